The summed E-state index contributed by atoms with van der Waals surface area (Å²) in [5, 5.41) is 14.0. The molecule has 1 aliphatic carbocycles. The van der Waals surface area contributed by atoms with Gasteiger partial charge in [-0.05, 0) is 36.5 Å². The summed E-state index contributed by atoms with van der Waals surface area (Å²) in [5.41, 5.74) is 1.96. The number of pyridine rings is 1. The zero-order valence-corrected chi connectivity index (χ0v) is 14.8. The SMILES string of the molecule is O=C(CN1CCOCC1)N[C@@H](c1cnc2ccccc2c1)C1CC(O)C1. The Morgan fingerprint density at radius 2 is 2.08 bits per heavy atom. The van der Waals surface area contributed by atoms with Gasteiger partial charge in [0.25, 0.3) is 0 Å². The molecule has 138 valence electrons. The zero-order chi connectivity index (χ0) is 17.9. The lowest BCUT2D eigenvalue weighted by atomic mass is 9.75. The topological polar surface area (TPSA) is 74.7 Å². The number of rotatable bonds is 5. The van der Waals surface area contributed by atoms with Gasteiger partial charge in [0.15, 0.2) is 0 Å². The molecule has 1 saturated carbocycles. The Kier molecular flexibility index (Phi) is 5.15. The molecule has 1 saturated heterocycles. The van der Waals surface area contributed by atoms with Crippen molar-refractivity contribution in [3.05, 3.63) is 42.1 Å². The Morgan fingerprint density at radius 3 is 2.85 bits per heavy atom. The van der Waals surface area contributed by atoms with E-state index >= 15 is 0 Å². The van der Waals surface area contributed by atoms with Crippen LogP contribution in [0.5, 0.6) is 0 Å². The molecule has 1 amide bonds. The number of carbonyl (C=O) groups excluding carboxylic acids is 1. The maximum absolute atomic E-state index is 12.6. The Hall–Kier alpha value is -2.02. The van der Waals surface area contributed by atoms with Crippen LogP contribution >= 0.6 is 0 Å². The number of hydrogen-bond donors (Lipinski definition) is 2. The first kappa shape index (κ1) is 17.4. The van der Waals surface area contributed by atoms with Crippen molar-refractivity contribution in [1.29, 1.82) is 0 Å². The molecule has 6 heteroatoms. The van der Waals surface area contributed by atoms with Gasteiger partial charge in [-0.1, -0.05) is 18.2 Å². The molecule has 2 fully saturated rings. The van der Waals surface area contributed by atoms with E-state index in [9.17, 15) is 9.90 Å². The number of aliphatic hydroxyl groups excluding tert-OH is 1. The van der Waals surface area contributed by atoms with Crippen molar-refractivity contribution in [2.24, 2.45) is 5.92 Å². The summed E-state index contributed by atoms with van der Waals surface area (Å²) < 4.78 is 5.34. The number of aromatic nitrogens is 1. The van der Waals surface area contributed by atoms with E-state index in [4.69, 9.17) is 4.74 Å². The van der Waals surface area contributed by atoms with Crippen LogP contribution in [0, 0.1) is 5.92 Å². The number of nitrogens with zero attached hydrogens (tertiary/aromatic N) is 2. The number of hydrogen-bond acceptors (Lipinski definition) is 5. The second kappa shape index (κ2) is 7.70. The highest BCUT2D eigenvalue weighted by atomic mass is 16.5. The molecule has 2 aromatic rings. The molecule has 1 aromatic carbocycles. The maximum Gasteiger partial charge on any atom is 0.234 e. The Labute approximate surface area is 153 Å². The summed E-state index contributed by atoms with van der Waals surface area (Å²) in [7, 11) is 0. The van der Waals surface area contributed by atoms with E-state index in [1.807, 2.05) is 30.5 Å². The van der Waals surface area contributed by atoms with Crippen molar-refractivity contribution in [2.45, 2.75) is 25.0 Å². The van der Waals surface area contributed by atoms with Crippen LogP contribution in [-0.2, 0) is 9.53 Å². The van der Waals surface area contributed by atoms with E-state index in [-0.39, 0.29) is 24.0 Å². The van der Waals surface area contributed by atoms with Crippen molar-refractivity contribution >= 4 is 16.8 Å². The first-order valence-electron chi connectivity index (χ1n) is 9.31. The van der Waals surface area contributed by atoms with E-state index < -0.39 is 0 Å². The summed E-state index contributed by atoms with van der Waals surface area (Å²) in [6.45, 7) is 3.33. The number of benzene rings is 1. The smallest absolute Gasteiger partial charge is 0.234 e. The monoisotopic (exact) mass is 355 g/mol. The molecule has 4 rings (SSSR count). The van der Waals surface area contributed by atoms with Crippen LogP contribution < -0.4 is 5.32 Å². The average molecular weight is 355 g/mol. The minimum Gasteiger partial charge on any atom is -0.393 e. The van der Waals surface area contributed by atoms with Gasteiger partial charge < -0.3 is 15.2 Å². The van der Waals surface area contributed by atoms with Gasteiger partial charge in [0.05, 0.1) is 37.4 Å². The third-order valence-corrected chi connectivity index (χ3v) is 5.38. The van der Waals surface area contributed by atoms with E-state index in [1.54, 1.807) is 0 Å². The third-order valence-electron chi connectivity index (χ3n) is 5.38. The number of aliphatic hydroxyl groups is 1. The zero-order valence-electron chi connectivity index (χ0n) is 14.8. The number of para-hydroxylation sites is 1. The van der Waals surface area contributed by atoms with Gasteiger partial charge in [-0.15, -0.1) is 0 Å². The standard InChI is InChI=1S/C20H25N3O3/c24-17-10-15(11-17)20(22-19(25)13-23-5-7-26-8-6-23)16-9-14-3-1-2-4-18(14)21-12-16/h1-4,9,12,15,17,20,24H,5-8,10-11,13H2,(H,22,25)/t15?,17?,20-/m1/s1. The van der Waals surface area contributed by atoms with Crippen molar-refractivity contribution in [2.75, 3.05) is 32.8 Å². The van der Waals surface area contributed by atoms with Gasteiger partial charge in [0.2, 0.25) is 5.91 Å². The molecule has 1 aromatic heterocycles. The predicted octanol–water partition coefficient (Wildman–Crippen LogP) is 1.50. The fourth-order valence-corrected chi connectivity index (χ4v) is 3.82. The number of fused-ring (bicyclic) bond motifs is 1. The third kappa shape index (κ3) is 3.87. The fourth-order valence-electron chi connectivity index (χ4n) is 3.82. The highest BCUT2D eigenvalue weighted by Crippen LogP contribution is 2.38. The molecule has 0 unspecified atom stereocenters. The second-order valence-electron chi connectivity index (χ2n) is 7.28. The summed E-state index contributed by atoms with van der Waals surface area (Å²) >= 11 is 0. The van der Waals surface area contributed by atoms with Crippen LogP contribution in [0.2, 0.25) is 0 Å². The van der Waals surface area contributed by atoms with Gasteiger partial charge in [-0.3, -0.25) is 14.7 Å². The minimum absolute atomic E-state index is 0.0199. The van der Waals surface area contributed by atoms with Gasteiger partial charge in [0.1, 0.15) is 0 Å². The molecule has 0 bridgehead atoms. The second-order valence-corrected chi connectivity index (χ2v) is 7.28. The van der Waals surface area contributed by atoms with E-state index in [1.165, 1.54) is 0 Å². The number of morpholine rings is 1. The average Bonchev–Trinajstić information content (AvgIpc) is 2.64. The molecule has 26 heavy (non-hydrogen) atoms. The van der Waals surface area contributed by atoms with E-state index in [0.29, 0.717) is 19.8 Å². The van der Waals surface area contributed by atoms with Crippen LogP contribution in [0.4, 0.5) is 0 Å². The van der Waals surface area contributed by atoms with Crippen LogP contribution in [0.25, 0.3) is 10.9 Å². The Bertz CT molecular complexity index is 770. The predicted molar refractivity (Wildman–Crippen MR) is 98.6 cm³/mol. The summed E-state index contributed by atoms with van der Waals surface area (Å²) in [6.07, 6.45) is 3.03. The molecule has 2 heterocycles. The van der Waals surface area contributed by atoms with Gasteiger partial charge in [-0.2, -0.15) is 0 Å². The molecule has 2 N–H and O–H groups in total. The number of amides is 1. The number of nitrogens with one attached hydrogen (secondary N) is 1. The van der Waals surface area contributed by atoms with Crippen molar-refractivity contribution in [1.82, 2.24) is 15.2 Å². The molecule has 2 aliphatic rings. The highest BCUT2D eigenvalue weighted by molar-refractivity contribution is 5.80. The number of carbonyl (C=O) groups is 1. The summed E-state index contributed by atoms with van der Waals surface area (Å²) in [5.74, 6) is 0.271. The lowest BCUT2D eigenvalue weighted by Crippen LogP contribution is -2.47. The highest BCUT2D eigenvalue weighted by Gasteiger charge is 2.36. The van der Waals surface area contributed by atoms with Crippen LogP contribution in [0.15, 0.2) is 36.5 Å². The lowest BCUT2D eigenvalue weighted by molar-refractivity contribution is -0.125. The van der Waals surface area contributed by atoms with Gasteiger partial charge in [0, 0.05) is 24.7 Å². The molecule has 0 spiro atoms. The van der Waals surface area contributed by atoms with E-state index in [2.05, 4.69) is 21.3 Å². The van der Waals surface area contributed by atoms with Crippen molar-refractivity contribution in [3.8, 4) is 0 Å². The Balaban J connectivity index is 1.50. The number of ether oxygens (including phenoxy) is 1. The molecule has 6 nitrogen and oxygen atoms in total. The first-order chi connectivity index (χ1) is 12.7. The van der Waals surface area contributed by atoms with Gasteiger partial charge >= 0.3 is 0 Å². The van der Waals surface area contributed by atoms with E-state index in [0.717, 1.165) is 42.4 Å². The summed E-state index contributed by atoms with van der Waals surface area (Å²) in [6, 6.07) is 9.98. The largest absolute Gasteiger partial charge is 0.393 e. The first-order valence-corrected chi connectivity index (χ1v) is 9.31. The maximum atomic E-state index is 12.6. The van der Waals surface area contributed by atoms with Crippen molar-refractivity contribution < 1.29 is 14.6 Å². The molecular formula is C20H25N3O3. The molecule has 1 atom stereocenters. The van der Waals surface area contributed by atoms with Gasteiger partial charge in [-0.25, -0.2) is 0 Å². The Morgan fingerprint density at radius 1 is 1.31 bits per heavy atom. The lowest BCUT2D eigenvalue weighted by Gasteiger charge is -2.38. The minimum atomic E-state index is -0.257. The van der Waals surface area contributed by atoms with Crippen molar-refractivity contribution in [3.63, 3.8) is 0 Å². The normalized spacial score (nSPS) is 24.8. The molecular weight excluding hydrogens is 330 g/mol. The summed E-state index contributed by atoms with van der Waals surface area (Å²) in [4.78, 5) is 19.3. The van der Waals surface area contributed by atoms with Crippen LogP contribution in [0.1, 0.15) is 24.4 Å². The molecule has 1 aliphatic heterocycles. The van der Waals surface area contributed by atoms with Crippen LogP contribution in [0.3, 0.4) is 0 Å². The molecule has 0 radical (unpaired) electrons. The quantitative estimate of drug-likeness (QED) is 0.850. The fraction of sp³-hybridized carbons (Fsp3) is 0.500. The van der Waals surface area contributed by atoms with Crippen LogP contribution in [-0.4, -0.2) is 59.8 Å².